The zero-order valence-corrected chi connectivity index (χ0v) is 8.51. The minimum Gasteiger partial charge on any atom is -0.306 e. The molecule has 5 heteroatoms. The van der Waals surface area contributed by atoms with Crippen LogP contribution in [0.25, 0.3) is 0 Å². The highest BCUT2D eigenvalue weighted by atomic mass is 19.4. The van der Waals surface area contributed by atoms with Crippen molar-refractivity contribution >= 4 is 0 Å². The molecule has 84 valence electrons. The average molecular weight is 219 g/mol. The number of hydrogen-bond acceptors (Lipinski definition) is 1. The molecule has 0 bridgehead atoms. The molecule has 0 aliphatic carbocycles. The fourth-order valence-corrected chi connectivity index (χ4v) is 1.21. The first-order valence-electron chi connectivity index (χ1n) is 4.57. The zero-order chi connectivity index (χ0) is 11.6. The molecule has 0 saturated heterocycles. The van der Waals surface area contributed by atoms with Gasteiger partial charge in [0.1, 0.15) is 6.54 Å². The standard InChI is InChI=1S/C10H12F3NO/c1-7(2)8-3-4-14(9(15)5-8)6-10(11,12)13/h3-5,7H,6H2,1-2H3. The molecule has 1 rings (SSSR count). The largest absolute Gasteiger partial charge is 0.406 e. The fourth-order valence-electron chi connectivity index (χ4n) is 1.21. The molecule has 2 nitrogen and oxygen atoms in total. The molecule has 1 aromatic heterocycles. The lowest BCUT2D eigenvalue weighted by molar-refractivity contribution is -0.141. The Morgan fingerprint density at radius 2 is 2.00 bits per heavy atom. The van der Waals surface area contributed by atoms with E-state index in [0.717, 1.165) is 5.56 Å². The number of pyridine rings is 1. The summed E-state index contributed by atoms with van der Waals surface area (Å²) in [5.74, 6) is 0.137. The molecule has 1 aromatic rings. The first kappa shape index (κ1) is 11.8. The van der Waals surface area contributed by atoms with E-state index >= 15 is 0 Å². The molecule has 0 saturated carbocycles. The van der Waals surface area contributed by atoms with Gasteiger partial charge in [-0.1, -0.05) is 13.8 Å². The van der Waals surface area contributed by atoms with Crippen LogP contribution in [0.5, 0.6) is 0 Å². The third kappa shape index (κ3) is 3.42. The van der Waals surface area contributed by atoms with Gasteiger partial charge in [-0.2, -0.15) is 13.2 Å². The smallest absolute Gasteiger partial charge is 0.306 e. The van der Waals surface area contributed by atoms with Crippen molar-refractivity contribution in [1.82, 2.24) is 4.57 Å². The quantitative estimate of drug-likeness (QED) is 0.749. The van der Waals surface area contributed by atoms with Gasteiger partial charge in [0.15, 0.2) is 0 Å². The maximum absolute atomic E-state index is 12.0. The van der Waals surface area contributed by atoms with Gasteiger partial charge < -0.3 is 4.57 Å². The van der Waals surface area contributed by atoms with E-state index in [2.05, 4.69) is 0 Å². The van der Waals surface area contributed by atoms with Gasteiger partial charge in [-0.3, -0.25) is 4.79 Å². The number of rotatable bonds is 2. The van der Waals surface area contributed by atoms with Gasteiger partial charge in [-0.15, -0.1) is 0 Å². The topological polar surface area (TPSA) is 22.0 Å². The van der Waals surface area contributed by atoms with Crippen LogP contribution in [-0.4, -0.2) is 10.7 Å². The van der Waals surface area contributed by atoms with Gasteiger partial charge in [0.05, 0.1) is 0 Å². The summed E-state index contributed by atoms with van der Waals surface area (Å²) in [6.45, 7) is 2.52. The summed E-state index contributed by atoms with van der Waals surface area (Å²) in [5.41, 5.74) is 0.136. The van der Waals surface area contributed by atoms with Crippen molar-refractivity contribution in [2.45, 2.75) is 32.5 Å². The van der Waals surface area contributed by atoms with Crippen LogP contribution in [0.15, 0.2) is 23.1 Å². The Labute approximate surface area is 85.3 Å². The number of hydrogen-bond donors (Lipinski definition) is 0. The van der Waals surface area contributed by atoms with E-state index in [1.54, 1.807) is 0 Å². The maximum atomic E-state index is 12.0. The van der Waals surface area contributed by atoms with Crippen molar-refractivity contribution in [2.24, 2.45) is 0 Å². The van der Waals surface area contributed by atoms with Crippen LogP contribution >= 0.6 is 0 Å². The van der Waals surface area contributed by atoms with E-state index in [0.29, 0.717) is 4.57 Å². The van der Waals surface area contributed by atoms with Crippen molar-refractivity contribution in [2.75, 3.05) is 0 Å². The number of aromatic nitrogens is 1. The molecule has 1 heterocycles. The van der Waals surface area contributed by atoms with Crippen LogP contribution in [-0.2, 0) is 6.54 Å². The molecule has 0 N–H and O–H groups in total. The fraction of sp³-hybridized carbons (Fsp3) is 0.500. The zero-order valence-electron chi connectivity index (χ0n) is 8.51. The van der Waals surface area contributed by atoms with Gasteiger partial charge in [0.2, 0.25) is 0 Å². The summed E-state index contributed by atoms with van der Waals surface area (Å²) in [6, 6.07) is 2.79. The molecule has 0 aliphatic heterocycles. The highest BCUT2D eigenvalue weighted by Gasteiger charge is 2.28. The first-order chi connectivity index (χ1) is 6.79. The van der Waals surface area contributed by atoms with Crippen LogP contribution in [0.4, 0.5) is 13.2 Å². The van der Waals surface area contributed by atoms with E-state index < -0.39 is 18.3 Å². The third-order valence-electron chi connectivity index (χ3n) is 2.04. The van der Waals surface area contributed by atoms with Crippen LogP contribution in [0, 0.1) is 0 Å². The highest BCUT2D eigenvalue weighted by molar-refractivity contribution is 5.14. The van der Waals surface area contributed by atoms with Crippen LogP contribution in [0.3, 0.4) is 0 Å². The lowest BCUT2D eigenvalue weighted by Crippen LogP contribution is -2.27. The summed E-state index contributed by atoms with van der Waals surface area (Å²) >= 11 is 0. The second-order valence-corrected chi connectivity index (χ2v) is 3.70. The molecule has 0 amide bonds. The highest BCUT2D eigenvalue weighted by Crippen LogP contribution is 2.17. The van der Waals surface area contributed by atoms with E-state index in [1.165, 1.54) is 18.3 Å². The van der Waals surface area contributed by atoms with Crippen molar-refractivity contribution in [3.05, 3.63) is 34.2 Å². The number of alkyl halides is 3. The van der Waals surface area contributed by atoms with E-state index in [9.17, 15) is 18.0 Å². The van der Waals surface area contributed by atoms with Crippen molar-refractivity contribution in [3.63, 3.8) is 0 Å². The monoisotopic (exact) mass is 219 g/mol. The van der Waals surface area contributed by atoms with Crippen molar-refractivity contribution in [3.8, 4) is 0 Å². The minimum atomic E-state index is -4.36. The van der Waals surface area contributed by atoms with Gasteiger partial charge in [0, 0.05) is 12.3 Å². The van der Waals surface area contributed by atoms with Crippen molar-refractivity contribution in [1.29, 1.82) is 0 Å². The Bertz CT molecular complexity index is 392. The molecular formula is C10H12F3NO. The van der Waals surface area contributed by atoms with E-state index in [1.807, 2.05) is 13.8 Å². The van der Waals surface area contributed by atoms with E-state index in [-0.39, 0.29) is 5.92 Å². The lowest BCUT2D eigenvalue weighted by atomic mass is 10.1. The minimum absolute atomic E-state index is 0.137. The lowest BCUT2D eigenvalue weighted by Gasteiger charge is -2.10. The number of halogens is 3. The third-order valence-corrected chi connectivity index (χ3v) is 2.04. The summed E-state index contributed by atoms with van der Waals surface area (Å²) in [7, 11) is 0. The Morgan fingerprint density at radius 1 is 1.40 bits per heavy atom. The maximum Gasteiger partial charge on any atom is 0.406 e. The Morgan fingerprint density at radius 3 is 2.40 bits per heavy atom. The molecule has 0 spiro atoms. The van der Waals surface area contributed by atoms with Crippen LogP contribution in [0.2, 0.25) is 0 Å². The molecule has 0 atom stereocenters. The van der Waals surface area contributed by atoms with Gasteiger partial charge in [0.25, 0.3) is 5.56 Å². The molecule has 15 heavy (non-hydrogen) atoms. The molecule has 0 unspecified atom stereocenters. The molecule has 0 aromatic carbocycles. The van der Waals surface area contributed by atoms with Gasteiger partial charge in [-0.25, -0.2) is 0 Å². The predicted molar refractivity (Wildman–Crippen MR) is 50.8 cm³/mol. The van der Waals surface area contributed by atoms with Gasteiger partial charge >= 0.3 is 6.18 Å². The SMILES string of the molecule is CC(C)c1ccn(CC(F)(F)F)c(=O)c1. The Kier molecular flexibility index (Phi) is 3.21. The average Bonchev–Trinajstić information content (AvgIpc) is 2.05. The van der Waals surface area contributed by atoms with Crippen LogP contribution < -0.4 is 5.56 Å². The molecular weight excluding hydrogens is 207 g/mol. The predicted octanol–water partition coefficient (Wildman–Crippen LogP) is 2.53. The Balaban J connectivity index is 2.99. The summed E-state index contributed by atoms with van der Waals surface area (Å²) < 4.78 is 36.7. The summed E-state index contributed by atoms with van der Waals surface area (Å²) in [4.78, 5) is 11.3. The van der Waals surface area contributed by atoms with Crippen molar-refractivity contribution < 1.29 is 13.2 Å². The summed E-state index contributed by atoms with van der Waals surface area (Å²) in [6.07, 6.45) is -3.17. The van der Waals surface area contributed by atoms with Crippen LogP contribution in [0.1, 0.15) is 25.3 Å². The van der Waals surface area contributed by atoms with Gasteiger partial charge in [-0.05, 0) is 17.5 Å². The normalized spacial score (nSPS) is 12.1. The molecule has 0 radical (unpaired) electrons. The molecule has 0 fully saturated rings. The molecule has 0 aliphatic rings. The number of nitrogens with zero attached hydrogens (tertiary/aromatic N) is 1. The second-order valence-electron chi connectivity index (χ2n) is 3.70. The first-order valence-corrected chi connectivity index (χ1v) is 4.57. The Hall–Kier alpha value is -1.26. The summed E-state index contributed by atoms with van der Waals surface area (Å²) in [5, 5.41) is 0. The second kappa shape index (κ2) is 4.08. The van der Waals surface area contributed by atoms with E-state index in [4.69, 9.17) is 0 Å².